The van der Waals surface area contributed by atoms with Crippen molar-refractivity contribution in [3.63, 3.8) is 0 Å². The van der Waals surface area contributed by atoms with Gasteiger partial charge in [0.1, 0.15) is 0 Å². The minimum atomic E-state index is -0.381. The average Bonchev–Trinajstić information content (AvgIpc) is 2.91. The van der Waals surface area contributed by atoms with Crippen LogP contribution < -0.4 is 10.8 Å². The monoisotopic (exact) mass is 516 g/mol. The highest BCUT2D eigenvalue weighted by atomic mass is 32.2. The highest BCUT2D eigenvalue weighted by Crippen LogP contribution is 2.39. The fourth-order valence-corrected chi connectivity index (χ4v) is 4.75. The van der Waals surface area contributed by atoms with Crippen LogP contribution in [0.5, 0.6) is 0 Å². The SMILES string of the molecule is O=C(CCCCCCC(=O)Nc1ccc(C2CC(c3ccccc3)OC(CSCCO)O2)cc1)NO. The number of anilines is 1. The minimum Gasteiger partial charge on any atom is -0.396 e. The van der Waals surface area contributed by atoms with Crippen molar-refractivity contribution in [3.8, 4) is 0 Å². The van der Waals surface area contributed by atoms with Crippen LogP contribution in [0.2, 0.25) is 0 Å². The molecule has 3 rings (SSSR count). The lowest BCUT2D eigenvalue weighted by molar-refractivity contribution is -0.236. The van der Waals surface area contributed by atoms with E-state index in [1.165, 1.54) is 0 Å². The third-order valence-electron chi connectivity index (χ3n) is 5.97. The Labute approximate surface area is 216 Å². The number of aliphatic hydroxyl groups is 1. The van der Waals surface area contributed by atoms with E-state index in [1.807, 2.05) is 42.5 Å². The van der Waals surface area contributed by atoms with Crippen LogP contribution in [0.4, 0.5) is 5.69 Å². The lowest BCUT2D eigenvalue weighted by atomic mass is 9.97. The number of hydrogen-bond acceptors (Lipinski definition) is 7. The first-order valence-corrected chi connectivity index (χ1v) is 13.6. The molecule has 0 aromatic heterocycles. The zero-order valence-electron chi connectivity index (χ0n) is 20.4. The van der Waals surface area contributed by atoms with Gasteiger partial charge in [-0.25, -0.2) is 5.48 Å². The van der Waals surface area contributed by atoms with Crippen molar-refractivity contribution in [2.75, 3.05) is 23.4 Å². The molecule has 2 aromatic rings. The van der Waals surface area contributed by atoms with E-state index in [4.69, 9.17) is 19.8 Å². The number of hydroxylamine groups is 1. The molecule has 1 fully saturated rings. The predicted molar refractivity (Wildman–Crippen MR) is 140 cm³/mol. The number of benzene rings is 2. The van der Waals surface area contributed by atoms with E-state index in [2.05, 4.69) is 17.4 Å². The average molecular weight is 517 g/mol. The molecule has 8 nitrogen and oxygen atoms in total. The van der Waals surface area contributed by atoms with Gasteiger partial charge in [0.2, 0.25) is 11.8 Å². The molecule has 0 saturated carbocycles. The van der Waals surface area contributed by atoms with E-state index in [0.717, 1.165) is 36.1 Å². The molecule has 2 amide bonds. The molecule has 3 unspecified atom stereocenters. The summed E-state index contributed by atoms with van der Waals surface area (Å²) in [7, 11) is 0. The van der Waals surface area contributed by atoms with Crippen molar-refractivity contribution >= 4 is 29.3 Å². The lowest BCUT2D eigenvalue weighted by Crippen LogP contribution is -2.32. The Balaban J connectivity index is 1.50. The Morgan fingerprint density at radius 2 is 1.47 bits per heavy atom. The summed E-state index contributed by atoms with van der Waals surface area (Å²) in [6.45, 7) is 0.124. The maximum Gasteiger partial charge on any atom is 0.243 e. The molecule has 0 bridgehead atoms. The normalized spacial score (nSPS) is 19.6. The quantitative estimate of drug-likeness (QED) is 0.163. The van der Waals surface area contributed by atoms with E-state index >= 15 is 0 Å². The van der Waals surface area contributed by atoms with Gasteiger partial charge in [-0.3, -0.25) is 14.8 Å². The Hall–Kier alpha value is -2.43. The number of amides is 2. The van der Waals surface area contributed by atoms with Crippen LogP contribution >= 0.6 is 11.8 Å². The van der Waals surface area contributed by atoms with Crippen molar-refractivity contribution in [3.05, 3.63) is 65.7 Å². The Bertz CT molecular complexity index is 928. The number of rotatable bonds is 14. The van der Waals surface area contributed by atoms with Crippen LogP contribution in [0, 0.1) is 0 Å². The second-order valence-electron chi connectivity index (χ2n) is 8.74. The summed E-state index contributed by atoms with van der Waals surface area (Å²) in [4.78, 5) is 23.3. The summed E-state index contributed by atoms with van der Waals surface area (Å²) in [5, 5.41) is 20.5. The van der Waals surface area contributed by atoms with Gasteiger partial charge in [-0.1, -0.05) is 55.3 Å². The molecule has 0 spiro atoms. The standard InChI is InChI=1S/C27H36N2O6S/c30-16-17-36-19-27-34-23(20-8-4-3-5-9-20)18-24(35-27)21-12-14-22(15-13-21)28-25(31)10-6-1-2-7-11-26(32)29-33/h3-5,8-9,12-15,23-24,27,30,33H,1-2,6-7,10-11,16-19H2,(H,28,31)(H,29,32). The fourth-order valence-electron chi connectivity index (χ4n) is 4.11. The molecule has 2 aromatic carbocycles. The van der Waals surface area contributed by atoms with Crippen molar-refractivity contribution in [2.45, 2.75) is 63.4 Å². The van der Waals surface area contributed by atoms with Gasteiger partial charge in [0.05, 0.1) is 18.8 Å². The largest absolute Gasteiger partial charge is 0.396 e. The molecule has 0 aliphatic carbocycles. The fraction of sp³-hybridized carbons (Fsp3) is 0.481. The summed E-state index contributed by atoms with van der Waals surface area (Å²) in [5.41, 5.74) is 4.51. The second kappa shape index (κ2) is 15.6. The molecule has 9 heteroatoms. The third-order valence-corrected chi connectivity index (χ3v) is 6.95. The van der Waals surface area contributed by atoms with Crippen molar-refractivity contribution in [1.29, 1.82) is 0 Å². The van der Waals surface area contributed by atoms with Crippen LogP contribution in [0.15, 0.2) is 54.6 Å². The zero-order valence-corrected chi connectivity index (χ0v) is 21.3. The molecule has 36 heavy (non-hydrogen) atoms. The van der Waals surface area contributed by atoms with Crippen molar-refractivity contribution in [1.82, 2.24) is 5.48 Å². The molecule has 0 radical (unpaired) electrons. The van der Waals surface area contributed by atoms with Crippen LogP contribution in [-0.4, -0.2) is 46.5 Å². The van der Waals surface area contributed by atoms with Gasteiger partial charge >= 0.3 is 0 Å². The third kappa shape index (κ3) is 9.55. The summed E-state index contributed by atoms with van der Waals surface area (Å²) in [6.07, 6.45) is 3.94. The number of carbonyl (C=O) groups excluding carboxylic acids is 2. The van der Waals surface area contributed by atoms with Gasteiger partial charge in [-0.05, 0) is 36.1 Å². The summed E-state index contributed by atoms with van der Waals surface area (Å²) in [6, 6.07) is 17.9. The molecule has 196 valence electrons. The molecule has 1 aliphatic rings. The number of carbonyl (C=O) groups is 2. The van der Waals surface area contributed by atoms with Crippen LogP contribution in [-0.2, 0) is 19.1 Å². The van der Waals surface area contributed by atoms with Crippen molar-refractivity contribution in [2.24, 2.45) is 0 Å². The highest BCUT2D eigenvalue weighted by Gasteiger charge is 2.32. The van der Waals surface area contributed by atoms with Gasteiger partial charge in [0, 0.05) is 36.5 Å². The molecule has 1 aliphatic heterocycles. The second-order valence-corrected chi connectivity index (χ2v) is 9.89. The number of unbranched alkanes of at least 4 members (excludes halogenated alkanes) is 3. The maximum absolute atomic E-state index is 12.3. The molecule has 4 N–H and O–H groups in total. The molecule has 1 heterocycles. The first-order chi connectivity index (χ1) is 17.6. The van der Waals surface area contributed by atoms with E-state index < -0.39 is 0 Å². The first kappa shape index (κ1) is 28.1. The molecular formula is C27H36N2O6S. The predicted octanol–water partition coefficient (Wildman–Crippen LogP) is 4.74. The lowest BCUT2D eigenvalue weighted by Gasteiger charge is -2.36. The zero-order chi connectivity index (χ0) is 25.6. The Morgan fingerprint density at radius 1 is 0.861 bits per heavy atom. The van der Waals surface area contributed by atoms with E-state index in [-0.39, 0.29) is 36.9 Å². The summed E-state index contributed by atoms with van der Waals surface area (Å²) >= 11 is 1.60. The van der Waals surface area contributed by atoms with E-state index in [1.54, 1.807) is 17.2 Å². The van der Waals surface area contributed by atoms with Gasteiger partial charge in [0.15, 0.2) is 6.29 Å². The molecule has 1 saturated heterocycles. The summed E-state index contributed by atoms with van der Waals surface area (Å²) < 4.78 is 12.5. The van der Waals surface area contributed by atoms with Gasteiger partial charge in [-0.15, -0.1) is 0 Å². The van der Waals surface area contributed by atoms with Crippen molar-refractivity contribution < 1.29 is 29.4 Å². The smallest absolute Gasteiger partial charge is 0.243 e. The highest BCUT2D eigenvalue weighted by molar-refractivity contribution is 7.99. The topological polar surface area (TPSA) is 117 Å². The molecule has 3 atom stereocenters. The Morgan fingerprint density at radius 3 is 2.08 bits per heavy atom. The van der Waals surface area contributed by atoms with Crippen LogP contribution in [0.25, 0.3) is 0 Å². The van der Waals surface area contributed by atoms with E-state index in [0.29, 0.717) is 37.2 Å². The van der Waals surface area contributed by atoms with Crippen LogP contribution in [0.1, 0.15) is 68.3 Å². The molecular weight excluding hydrogens is 480 g/mol. The van der Waals surface area contributed by atoms with E-state index in [9.17, 15) is 9.59 Å². The number of ether oxygens (including phenoxy) is 2. The number of aliphatic hydroxyl groups excluding tert-OH is 1. The minimum absolute atomic E-state index is 0.0386. The summed E-state index contributed by atoms with van der Waals surface area (Å²) in [5.74, 6) is 0.861. The Kier molecular flexibility index (Phi) is 12.2. The van der Waals surface area contributed by atoms with Gasteiger partial charge < -0.3 is 19.9 Å². The number of thioether (sulfide) groups is 1. The van der Waals surface area contributed by atoms with Gasteiger partial charge in [0.25, 0.3) is 0 Å². The maximum atomic E-state index is 12.3. The van der Waals surface area contributed by atoms with Crippen LogP contribution in [0.3, 0.4) is 0 Å². The number of hydrogen-bond donors (Lipinski definition) is 4. The van der Waals surface area contributed by atoms with Gasteiger partial charge in [-0.2, -0.15) is 11.8 Å². The number of nitrogens with one attached hydrogen (secondary N) is 2. The first-order valence-electron chi connectivity index (χ1n) is 12.5.